The van der Waals surface area contributed by atoms with E-state index in [9.17, 15) is 9.90 Å². The molecule has 5 nitrogen and oxygen atoms in total. The Balaban J connectivity index is 1.89. The van der Waals surface area contributed by atoms with Crippen LogP contribution in [0.15, 0.2) is 48.8 Å². The molecule has 0 aliphatic heterocycles. The van der Waals surface area contributed by atoms with Gasteiger partial charge in [0.25, 0.3) is 0 Å². The number of carbonyl (C=O) groups is 1. The summed E-state index contributed by atoms with van der Waals surface area (Å²) < 4.78 is 0. The van der Waals surface area contributed by atoms with Crippen LogP contribution in [0.4, 0.5) is 11.5 Å². The van der Waals surface area contributed by atoms with Crippen LogP contribution < -0.4 is 5.32 Å². The summed E-state index contributed by atoms with van der Waals surface area (Å²) in [6, 6.07) is 14.1. The minimum atomic E-state index is -0.938. The molecule has 0 spiro atoms. The first-order valence-electron chi connectivity index (χ1n) is 7.37. The molecule has 0 amide bonds. The molecule has 6 heteroatoms. The van der Waals surface area contributed by atoms with E-state index in [1.807, 2.05) is 30.3 Å². The highest BCUT2D eigenvalue weighted by Crippen LogP contribution is 2.35. The van der Waals surface area contributed by atoms with Gasteiger partial charge in [-0.3, -0.25) is 0 Å². The summed E-state index contributed by atoms with van der Waals surface area (Å²) in [5.41, 5.74) is 1.61. The summed E-state index contributed by atoms with van der Waals surface area (Å²) in [6.45, 7) is 1.79. The van der Waals surface area contributed by atoms with E-state index >= 15 is 0 Å². The zero-order chi connectivity index (χ0) is 16.7. The SMILES string of the molecule is Cc1c(C(=O)O)sc2ncnc(Nc3cccc4ccccc34)c12. The van der Waals surface area contributed by atoms with E-state index in [0.717, 1.165) is 21.8 Å². The van der Waals surface area contributed by atoms with E-state index in [2.05, 4.69) is 27.4 Å². The highest BCUT2D eigenvalue weighted by Gasteiger charge is 2.18. The molecule has 2 aromatic heterocycles. The predicted octanol–water partition coefficient (Wildman–Crippen LogP) is 4.59. The second kappa shape index (κ2) is 5.58. The third-order valence-corrected chi connectivity index (χ3v) is 5.15. The van der Waals surface area contributed by atoms with E-state index in [-0.39, 0.29) is 0 Å². The van der Waals surface area contributed by atoms with Crippen molar-refractivity contribution in [3.63, 3.8) is 0 Å². The first-order valence-corrected chi connectivity index (χ1v) is 8.19. The lowest BCUT2D eigenvalue weighted by Gasteiger charge is -2.10. The van der Waals surface area contributed by atoms with Crippen LogP contribution in [0.1, 0.15) is 15.2 Å². The van der Waals surface area contributed by atoms with Gasteiger partial charge in [0.2, 0.25) is 0 Å². The molecule has 0 aliphatic rings. The predicted molar refractivity (Wildman–Crippen MR) is 96.3 cm³/mol. The Morgan fingerprint density at radius 2 is 1.92 bits per heavy atom. The third-order valence-electron chi connectivity index (χ3n) is 3.96. The molecular weight excluding hydrogens is 322 g/mol. The van der Waals surface area contributed by atoms with Gasteiger partial charge in [0.05, 0.1) is 5.39 Å². The number of nitrogens with one attached hydrogen (secondary N) is 1. The fourth-order valence-electron chi connectivity index (χ4n) is 2.83. The average molecular weight is 335 g/mol. The van der Waals surface area contributed by atoms with Crippen LogP contribution in [0, 0.1) is 6.92 Å². The second-order valence-electron chi connectivity index (χ2n) is 5.42. The first kappa shape index (κ1) is 14.6. The smallest absolute Gasteiger partial charge is 0.346 e. The molecule has 118 valence electrons. The Bertz CT molecular complexity index is 1080. The Labute approximate surface area is 141 Å². The number of aryl methyl sites for hydroxylation is 1. The molecule has 0 aliphatic carbocycles. The molecule has 4 rings (SSSR count). The van der Waals surface area contributed by atoms with Crippen LogP contribution in [-0.4, -0.2) is 21.0 Å². The van der Waals surface area contributed by atoms with Crippen LogP contribution in [0.3, 0.4) is 0 Å². The lowest BCUT2D eigenvalue weighted by molar-refractivity contribution is 0.0701. The fraction of sp³-hybridized carbons (Fsp3) is 0.0556. The number of hydrogen-bond acceptors (Lipinski definition) is 5. The lowest BCUT2D eigenvalue weighted by Crippen LogP contribution is -1.97. The third kappa shape index (κ3) is 2.28. The number of thiophene rings is 1. The summed E-state index contributed by atoms with van der Waals surface area (Å²) in [4.78, 5) is 20.9. The molecule has 2 heterocycles. The molecule has 2 N–H and O–H groups in total. The quantitative estimate of drug-likeness (QED) is 0.572. The van der Waals surface area contributed by atoms with Crippen molar-refractivity contribution in [1.29, 1.82) is 0 Å². The van der Waals surface area contributed by atoms with Crippen molar-refractivity contribution in [2.24, 2.45) is 0 Å². The number of benzene rings is 2. The number of anilines is 2. The fourth-order valence-corrected chi connectivity index (χ4v) is 3.82. The van der Waals surface area contributed by atoms with Gasteiger partial charge < -0.3 is 10.4 Å². The van der Waals surface area contributed by atoms with Gasteiger partial charge in [-0.05, 0) is 23.9 Å². The topological polar surface area (TPSA) is 75.1 Å². The maximum absolute atomic E-state index is 11.4. The zero-order valence-electron chi connectivity index (χ0n) is 12.8. The number of fused-ring (bicyclic) bond motifs is 2. The van der Waals surface area contributed by atoms with E-state index in [4.69, 9.17) is 0 Å². The minimum Gasteiger partial charge on any atom is -0.477 e. The molecule has 24 heavy (non-hydrogen) atoms. The van der Waals surface area contributed by atoms with Crippen molar-refractivity contribution in [3.05, 3.63) is 59.2 Å². The zero-order valence-corrected chi connectivity index (χ0v) is 13.6. The number of rotatable bonds is 3. The van der Waals surface area contributed by atoms with Crippen LogP contribution in [0.2, 0.25) is 0 Å². The van der Waals surface area contributed by atoms with E-state index in [0.29, 0.717) is 21.1 Å². The van der Waals surface area contributed by atoms with Crippen molar-refractivity contribution < 1.29 is 9.90 Å². The molecule has 0 saturated heterocycles. The van der Waals surface area contributed by atoms with Crippen molar-refractivity contribution in [3.8, 4) is 0 Å². The number of aromatic nitrogens is 2. The van der Waals surface area contributed by atoms with Gasteiger partial charge in [0.1, 0.15) is 21.9 Å². The summed E-state index contributed by atoms with van der Waals surface area (Å²) in [6.07, 6.45) is 1.46. The first-order chi connectivity index (χ1) is 11.6. The van der Waals surface area contributed by atoms with Gasteiger partial charge in [-0.2, -0.15) is 0 Å². The Hall–Kier alpha value is -2.99. The molecule has 2 aromatic carbocycles. The van der Waals surface area contributed by atoms with Crippen molar-refractivity contribution in [1.82, 2.24) is 9.97 Å². The molecule has 4 aromatic rings. The maximum Gasteiger partial charge on any atom is 0.346 e. The van der Waals surface area contributed by atoms with Crippen LogP contribution in [0.25, 0.3) is 21.0 Å². The van der Waals surface area contributed by atoms with Crippen molar-refractivity contribution in [2.75, 3.05) is 5.32 Å². The second-order valence-corrected chi connectivity index (χ2v) is 6.41. The summed E-state index contributed by atoms with van der Waals surface area (Å²) in [5, 5.41) is 15.6. The number of carboxylic acid groups (broad SMARTS) is 1. The van der Waals surface area contributed by atoms with E-state index in [1.54, 1.807) is 6.92 Å². The van der Waals surface area contributed by atoms with Crippen LogP contribution in [0.5, 0.6) is 0 Å². The molecule has 0 unspecified atom stereocenters. The molecule has 0 saturated carbocycles. The summed E-state index contributed by atoms with van der Waals surface area (Å²) in [5.74, 6) is -0.316. The van der Waals surface area contributed by atoms with Gasteiger partial charge in [0, 0.05) is 11.1 Å². The van der Waals surface area contributed by atoms with Crippen molar-refractivity contribution >= 4 is 49.8 Å². The van der Waals surface area contributed by atoms with E-state index < -0.39 is 5.97 Å². The van der Waals surface area contributed by atoms with Crippen molar-refractivity contribution in [2.45, 2.75) is 6.92 Å². The minimum absolute atomic E-state index is 0.298. The Morgan fingerprint density at radius 1 is 1.12 bits per heavy atom. The Kier molecular flexibility index (Phi) is 3.39. The monoisotopic (exact) mass is 335 g/mol. The molecule has 0 bridgehead atoms. The summed E-state index contributed by atoms with van der Waals surface area (Å²) in [7, 11) is 0. The number of aromatic carboxylic acids is 1. The largest absolute Gasteiger partial charge is 0.477 e. The number of nitrogens with zero attached hydrogens (tertiary/aromatic N) is 2. The summed E-state index contributed by atoms with van der Waals surface area (Å²) >= 11 is 1.17. The highest BCUT2D eigenvalue weighted by atomic mass is 32.1. The maximum atomic E-state index is 11.4. The lowest BCUT2D eigenvalue weighted by atomic mass is 10.1. The molecule has 0 atom stereocenters. The van der Waals surface area contributed by atoms with Gasteiger partial charge in [0.15, 0.2) is 0 Å². The van der Waals surface area contributed by atoms with Gasteiger partial charge in [-0.25, -0.2) is 14.8 Å². The molecule has 0 fully saturated rings. The van der Waals surface area contributed by atoms with Gasteiger partial charge in [-0.15, -0.1) is 11.3 Å². The van der Waals surface area contributed by atoms with Crippen LogP contribution >= 0.6 is 11.3 Å². The standard InChI is InChI=1S/C18H13N3O2S/c1-10-14-16(19-9-20-17(14)24-15(10)18(22)23)21-13-8-4-6-11-5-2-3-7-12(11)13/h2-9H,1H3,(H,22,23)(H,19,20,21). The van der Waals surface area contributed by atoms with Crippen LogP contribution in [-0.2, 0) is 0 Å². The van der Waals surface area contributed by atoms with Gasteiger partial charge in [-0.1, -0.05) is 36.4 Å². The van der Waals surface area contributed by atoms with Gasteiger partial charge >= 0.3 is 5.97 Å². The molecule has 0 radical (unpaired) electrons. The highest BCUT2D eigenvalue weighted by molar-refractivity contribution is 7.20. The molecular formula is C18H13N3O2S. The van der Waals surface area contributed by atoms with E-state index in [1.165, 1.54) is 17.7 Å². The normalized spacial score (nSPS) is 11.0. The Morgan fingerprint density at radius 3 is 2.75 bits per heavy atom. The number of carboxylic acids is 1. The number of hydrogen-bond donors (Lipinski definition) is 2. The average Bonchev–Trinajstić information content (AvgIpc) is 2.93.